The molecule has 1 heterocycles. The number of amides is 1. The van der Waals surface area contributed by atoms with Crippen LogP contribution in [-0.4, -0.2) is 41.5 Å². The minimum Gasteiger partial charge on any atom is -0.495 e. The number of benzene rings is 2. The van der Waals surface area contributed by atoms with E-state index in [0.717, 1.165) is 21.5 Å². The number of nitrogens with zero attached hydrogens (tertiary/aromatic N) is 2. The summed E-state index contributed by atoms with van der Waals surface area (Å²) < 4.78 is 11.8. The highest BCUT2D eigenvalue weighted by Gasteiger charge is 2.37. The van der Waals surface area contributed by atoms with Gasteiger partial charge in [0.15, 0.2) is 5.17 Å². The first-order chi connectivity index (χ1) is 14.0. The van der Waals surface area contributed by atoms with Crippen molar-refractivity contribution in [2.45, 2.75) is 25.5 Å². The van der Waals surface area contributed by atoms with Gasteiger partial charge in [0, 0.05) is 11.0 Å². The lowest BCUT2D eigenvalue weighted by Crippen LogP contribution is -2.32. The fraction of sp³-hybridized carbons (Fsp3) is 0.333. The Balaban J connectivity index is 1.84. The van der Waals surface area contributed by atoms with Crippen molar-refractivity contribution in [2.75, 3.05) is 20.3 Å². The largest absolute Gasteiger partial charge is 0.495 e. The van der Waals surface area contributed by atoms with E-state index in [4.69, 9.17) is 26.1 Å². The zero-order valence-electron chi connectivity index (χ0n) is 16.4. The molecule has 0 radical (unpaired) electrons. The Kier molecular flexibility index (Phi) is 7.49. The number of aliphatic imine (C=N–C) groups is 1. The van der Waals surface area contributed by atoms with Gasteiger partial charge in [-0.05, 0) is 62.2 Å². The lowest BCUT2D eigenvalue weighted by Gasteiger charge is -2.15. The number of rotatable bonds is 7. The number of halogens is 2. The van der Waals surface area contributed by atoms with Crippen molar-refractivity contribution >= 4 is 56.1 Å². The average molecular weight is 498 g/mol. The third kappa shape index (κ3) is 5.08. The summed E-state index contributed by atoms with van der Waals surface area (Å²) in [6.07, 6.45) is 0.505. The Hall–Kier alpha value is -1.70. The number of thioether (sulfide) groups is 1. The van der Waals surface area contributed by atoms with Crippen molar-refractivity contribution < 1.29 is 14.3 Å². The topological polar surface area (TPSA) is 51.1 Å². The highest BCUT2D eigenvalue weighted by Crippen LogP contribution is 2.37. The van der Waals surface area contributed by atoms with E-state index in [2.05, 4.69) is 15.9 Å². The summed E-state index contributed by atoms with van der Waals surface area (Å²) in [5, 5.41) is 0.935. The first-order valence-electron chi connectivity index (χ1n) is 9.28. The van der Waals surface area contributed by atoms with Crippen molar-refractivity contribution in [3.8, 4) is 11.5 Å². The predicted octanol–water partition coefficient (Wildman–Crippen LogP) is 5.70. The van der Waals surface area contributed by atoms with Crippen LogP contribution in [0.4, 0.5) is 5.69 Å². The molecule has 2 aromatic rings. The van der Waals surface area contributed by atoms with E-state index in [1.165, 1.54) is 11.8 Å². The first-order valence-corrected chi connectivity index (χ1v) is 11.3. The van der Waals surface area contributed by atoms with Crippen LogP contribution in [0.5, 0.6) is 11.5 Å². The predicted molar refractivity (Wildman–Crippen MR) is 123 cm³/mol. The summed E-state index contributed by atoms with van der Waals surface area (Å²) in [7, 11) is 1.58. The molecule has 5 nitrogen and oxygen atoms in total. The smallest absolute Gasteiger partial charge is 0.242 e. The summed E-state index contributed by atoms with van der Waals surface area (Å²) in [6, 6.07) is 11.3. The molecular formula is C21H22BrClN2O3S. The summed E-state index contributed by atoms with van der Waals surface area (Å²) in [4.78, 5) is 19.4. The molecule has 1 amide bonds. The van der Waals surface area contributed by atoms with Gasteiger partial charge in [0.25, 0.3) is 0 Å². The molecule has 1 aliphatic rings. The van der Waals surface area contributed by atoms with E-state index < -0.39 is 0 Å². The molecule has 0 aromatic heterocycles. The molecule has 0 unspecified atom stereocenters. The second kappa shape index (κ2) is 9.87. The maximum Gasteiger partial charge on any atom is 0.242 e. The first kappa shape index (κ1) is 22.0. The van der Waals surface area contributed by atoms with Gasteiger partial charge in [0.2, 0.25) is 5.91 Å². The molecular weight excluding hydrogens is 476 g/mol. The Morgan fingerprint density at radius 1 is 1.24 bits per heavy atom. The zero-order chi connectivity index (χ0) is 21.0. The van der Waals surface area contributed by atoms with Crippen LogP contribution in [0, 0.1) is 0 Å². The van der Waals surface area contributed by atoms with Gasteiger partial charge in [-0.1, -0.05) is 39.3 Å². The van der Waals surface area contributed by atoms with Gasteiger partial charge in [0.1, 0.15) is 11.5 Å². The quantitative estimate of drug-likeness (QED) is 0.492. The molecule has 3 rings (SSSR count). The standard InChI is InChI=1S/C21H22BrClN2O3S/c1-4-25-20(26)18(11-13-10-14(22)12-17(23)19(13)27-3)29-21(25)24-15-6-8-16(9-7-15)28-5-2/h6-10,12,18H,4-5,11H2,1-3H3/t18-/m0/s1. The van der Waals surface area contributed by atoms with Crippen LogP contribution in [0.3, 0.4) is 0 Å². The van der Waals surface area contributed by atoms with E-state index in [9.17, 15) is 4.79 Å². The maximum atomic E-state index is 13.0. The molecule has 0 spiro atoms. The molecule has 1 atom stereocenters. The number of hydrogen-bond acceptors (Lipinski definition) is 5. The van der Waals surface area contributed by atoms with Crippen LogP contribution < -0.4 is 9.47 Å². The van der Waals surface area contributed by atoms with Crippen LogP contribution in [0.2, 0.25) is 5.02 Å². The fourth-order valence-corrected chi connectivity index (χ4v) is 5.31. The van der Waals surface area contributed by atoms with Gasteiger partial charge in [-0.3, -0.25) is 9.69 Å². The van der Waals surface area contributed by atoms with Gasteiger partial charge in [-0.15, -0.1) is 0 Å². The molecule has 0 bridgehead atoms. The van der Waals surface area contributed by atoms with E-state index in [-0.39, 0.29) is 11.2 Å². The fourth-order valence-electron chi connectivity index (χ4n) is 3.10. The van der Waals surface area contributed by atoms with Crippen LogP contribution in [0.25, 0.3) is 0 Å². The van der Waals surface area contributed by atoms with Gasteiger partial charge in [-0.25, -0.2) is 4.99 Å². The van der Waals surface area contributed by atoms with E-state index in [0.29, 0.717) is 35.5 Å². The molecule has 154 valence electrons. The van der Waals surface area contributed by atoms with Crippen LogP contribution in [-0.2, 0) is 11.2 Å². The minimum absolute atomic E-state index is 0.0420. The average Bonchev–Trinajstić information content (AvgIpc) is 2.97. The summed E-state index contributed by atoms with van der Waals surface area (Å²) in [5.74, 6) is 1.44. The Bertz CT molecular complexity index is 921. The number of methoxy groups -OCH3 is 1. The molecule has 1 saturated heterocycles. The monoisotopic (exact) mass is 496 g/mol. The van der Waals surface area contributed by atoms with Gasteiger partial charge < -0.3 is 9.47 Å². The van der Waals surface area contributed by atoms with Crippen molar-refractivity contribution in [2.24, 2.45) is 4.99 Å². The lowest BCUT2D eigenvalue weighted by atomic mass is 10.1. The normalized spacial score (nSPS) is 17.8. The number of hydrogen-bond donors (Lipinski definition) is 0. The summed E-state index contributed by atoms with van der Waals surface area (Å²) in [6.45, 7) is 5.08. The molecule has 8 heteroatoms. The van der Waals surface area contributed by atoms with Gasteiger partial charge in [0.05, 0.1) is 29.7 Å². The molecule has 1 aliphatic heterocycles. The van der Waals surface area contributed by atoms with Crippen molar-refractivity contribution in [1.29, 1.82) is 0 Å². The third-order valence-electron chi connectivity index (χ3n) is 4.40. The number of amidine groups is 1. The Morgan fingerprint density at radius 3 is 2.59 bits per heavy atom. The SMILES string of the molecule is CCOc1ccc(N=C2S[C@@H](Cc3cc(Br)cc(Cl)c3OC)C(=O)N2CC)cc1. The highest BCUT2D eigenvalue weighted by atomic mass is 79.9. The number of carbonyl (C=O) groups is 1. The molecule has 29 heavy (non-hydrogen) atoms. The van der Waals surface area contributed by atoms with Crippen molar-refractivity contribution in [3.63, 3.8) is 0 Å². The minimum atomic E-state index is -0.282. The van der Waals surface area contributed by atoms with E-state index in [1.807, 2.05) is 44.2 Å². The zero-order valence-corrected chi connectivity index (χ0v) is 19.6. The van der Waals surface area contributed by atoms with Gasteiger partial charge >= 0.3 is 0 Å². The number of ether oxygens (including phenoxy) is 2. The van der Waals surface area contributed by atoms with E-state index in [1.54, 1.807) is 18.1 Å². The summed E-state index contributed by atoms with van der Waals surface area (Å²) >= 11 is 11.2. The van der Waals surface area contributed by atoms with Crippen molar-refractivity contribution in [1.82, 2.24) is 4.90 Å². The van der Waals surface area contributed by atoms with Crippen LogP contribution in [0.15, 0.2) is 45.9 Å². The van der Waals surface area contributed by atoms with Gasteiger partial charge in [-0.2, -0.15) is 0 Å². The number of carbonyl (C=O) groups excluding carboxylic acids is 1. The Morgan fingerprint density at radius 2 is 1.97 bits per heavy atom. The van der Waals surface area contributed by atoms with E-state index >= 15 is 0 Å². The summed E-state index contributed by atoms with van der Waals surface area (Å²) in [5.41, 5.74) is 1.67. The molecule has 1 fully saturated rings. The van der Waals surface area contributed by atoms with Crippen molar-refractivity contribution in [3.05, 3.63) is 51.5 Å². The third-order valence-corrected chi connectivity index (χ3v) is 6.32. The van der Waals surface area contributed by atoms with Crippen LogP contribution >= 0.6 is 39.3 Å². The molecule has 0 saturated carbocycles. The second-order valence-electron chi connectivity index (χ2n) is 6.29. The Labute approximate surface area is 188 Å². The maximum absolute atomic E-state index is 13.0. The molecule has 0 N–H and O–H groups in total. The second-order valence-corrected chi connectivity index (χ2v) is 8.79. The molecule has 0 aliphatic carbocycles. The van der Waals surface area contributed by atoms with Crippen LogP contribution in [0.1, 0.15) is 19.4 Å². The lowest BCUT2D eigenvalue weighted by molar-refractivity contribution is -0.126. The molecule has 2 aromatic carbocycles. The highest BCUT2D eigenvalue weighted by molar-refractivity contribution is 9.10.